The summed E-state index contributed by atoms with van der Waals surface area (Å²) in [7, 11) is -3.66. The van der Waals surface area contributed by atoms with Crippen molar-refractivity contribution in [2.75, 3.05) is 13.2 Å². The van der Waals surface area contributed by atoms with E-state index in [4.69, 9.17) is 13.6 Å². The Hall–Kier alpha value is -0.710. The third-order valence-corrected chi connectivity index (χ3v) is 4.39. The van der Waals surface area contributed by atoms with E-state index in [9.17, 15) is 4.57 Å². The molecule has 1 unspecified atom stereocenters. The normalized spacial score (nSPS) is 12.9. The molecule has 1 atom stereocenters. The fraction of sp³-hybridized carbons (Fsp3) is 0.231. The first-order valence-corrected chi connectivity index (χ1v) is 7.97. The molecule has 0 spiro atoms. The van der Waals surface area contributed by atoms with Crippen LogP contribution in [-0.4, -0.2) is 13.2 Å². The maximum Gasteiger partial charge on any atom is 0.476 e. The number of phosphoric ester groups is 1. The van der Waals surface area contributed by atoms with Crippen LogP contribution in [0.1, 0.15) is 10.6 Å². The van der Waals surface area contributed by atoms with E-state index in [1.807, 2.05) is 30.3 Å². The van der Waals surface area contributed by atoms with Gasteiger partial charge in [-0.1, -0.05) is 58.4 Å². The van der Waals surface area contributed by atoms with E-state index in [-0.39, 0.29) is 13.2 Å². The van der Waals surface area contributed by atoms with Crippen molar-refractivity contribution in [3.05, 3.63) is 61.2 Å². The minimum Gasteiger partial charge on any atom is -0.283 e. The summed E-state index contributed by atoms with van der Waals surface area (Å²) in [4.78, 5) is 0. The van der Waals surface area contributed by atoms with Gasteiger partial charge >= 0.3 is 7.82 Å². The number of halogens is 1. The lowest BCUT2D eigenvalue weighted by atomic mass is 10.2. The molecule has 0 saturated carbocycles. The van der Waals surface area contributed by atoms with E-state index in [1.165, 1.54) is 12.2 Å². The van der Waals surface area contributed by atoms with Gasteiger partial charge in [-0.25, -0.2) is 4.57 Å². The van der Waals surface area contributed by atoms with Gasteiger partial charge < -0.3 is 0 Å². The summed E-state index contributed by atoms with van der Waals surface area (Å²) in [5.41, 5.74) is 0.812. The van der Waals surface area contributed by atoms with Gasteiger partial charge in [0.15, 0.2) is 0 Å². The second-order valence-electron chi connectivity index (χ2n) is 3.45. The molecule has 0 N–H and O–H groups in total. The third kappa shape index (κ3) is 5.85. The van der Waals surface area contributed by atoms with Crippen LogP contribution in [0.3, 0.4) is 0 Å². The van der Waals surface area contributed by atoms with Gasteiger partial charge in [-0.15, -0.1) is 13.2 Å². The first kappa shape index (κ1) is 16.3. The summed E-state index contributed by atoms with van der Waals surface area (Å²) in [5, 5.41) is -0.589. The highest BCUT2D eigenvalue weighted by molar-refractivity contribution is 9.09. The van der Waals surface area contributed by atoms with E-state index in [0.29, 0.717) is 0 Å². The fourth-order valence-electron chi connectivity index (χ4n) is 1.16. The van der Waals surface area contributed by atoms with E-state index in [1.54, 1.807) is 0 Å². The Kier molecular flexibility index (Phi) is 7.28. The largest absolute Gasteiger partial charge is 0.476 e. The van der Waals surface area contributed by atoms with Crippen LogP contribution in [0.25, 0.3) is 0 Å². The van der Waals surface area contributed by atoms with E-state index >= 15 is 0 Å². The minimum atomic E-state index is -3.66. The van der Waals surface area contributed by atoms with Crippen molar-refractivity contribution in [3.63, 3.8) is 0 Å². The van der Waals surface area contributed by atoms with Crippen molar-refractivity contribution >= 4 is 23.8 Å². The van der Waals surface area contributed by atoms with Crippen LogP contribution in [0.2, 0.25) is 0 Å². The molecule has 104 valence electrons. The smallest absolute Gasteiger partial charge is 0.283 e. The molecule has 1 rings (SSSR count). The molecule has 0 fully saturated rings. The van der Waals surface area contributed by atoms with Gasteiger partial charge in [0.1, 0.15) is 5.01 Å². The van der Waals surface area contributed by atoms with Gasteiger partial charge in [0.05, 0.1) is 13.2 Å². The van der Waals surface area contributed by atoms with Crippen molar-refractivity contribution in [3.8, 4) is 0 Å². The maximum absolute atomic E-state index is 12.3. The lowest BCUT2D eigenvalue weighted by Crippen LogP contribution is -2.03. The molecule has 0 aromatic heterocycles. The Balaban J connectivity index is 2.73. The summed E-state index contributed by atoms with van der Waals surface area (Å²) in [6.07, 6.45) is 2.94. The number of rotatable bonds is 9. The quantitative estimate of drug-likeness (QED) is 0.372. The molecule has 0 heterocycles. The van der Waals surface area contributed by atoms with Crippen LogP contribution >= 0.6 is 23.8 Å². The SMILES string of the molecule is C=CCOP(=O)(OCC=C)OC(Br)c1ccccc1. The Morgan fingerprint density at radius 1 is 1.16 bits per heavy atom. The average Bonchev–Trinajstić information content (AvgIpc) is 2.44. The Morgan fingerprint density at radius 3 is 2.16 bits per heavy atom. The van der Waals surface area contributed by atoms with Crippen LogP contribution in [-0.2, 0) is 18.1 Å². The topological polar surface area (TPSA) is 44.8 Å². The second kappa shape index (κ2) is 8.46. The maximum atomic E-state index is 12.3. The highest BCUT2D eigenvalue weighted by Gasteiger charge is 2.29. The third-order valence-electron chi connectivity index (χ3n) is 1.98. The zero-order valence-electron chi connectivity index (χ0n) is 10.4. The predicted octanol–water partition coefficient (Wildman–Crippen LogP) is 4.61. The molecule has 0 bridgehead atoms. The second-order valence-corrected chi connectivity index (χ2v) is 5.90. The monoisotopic (exact) mass is 346 g/mol. The Labute approximate surface area is 121 Å². The number of hydrogen-bond acceptors (Lipinski definition) is 4. The molecule has 0 aliphatic rings. The number of alkyl halides is 1. The van der Waals surface area contributed by atoms with Crippen molar-refractivity contribution in [1.82, 2.24) is 0 Å². The fourth-order valence-corrected chi connectivity index (χ4v) is 3.20. The lowest BCUT2D eigenvalue weighted by molar-refractivity contribution is 0.124. The molecule has 6 heteroatoms. The van der Waals surface area contributed by atoms with Crippen molar-refractivity contribution in [1.29, 1.82) is 0 Å². The first-order chi connectivity index (χ1) is 9.11. The van der Waals surface area contributed by atoms with Crippen LogP contribution in [0.15, 0.2) is 55.6 Å². The molecular formula is C13H16BrO4P. The van der Waals surface area contributed by atoms with Crippen molar-refractivity contribution in [2.45, 2.75) is 5.01 Å². The van der Waals surface area contributed by atoms with Crippen molar-refractivity contribution < 1.29 is 18.1 Å². The minimum absolute atomic E-state index is 0.0724. The lowest BCUT2D eigenvalue weighted by Gasteiger charge is -2.20. The molecule has 0 amide bonds. The highest BCUT2D eigenvalue weighted by atomic mass is 79.9. The summed E-state index contributed by atoms with van der Waals surface area (Å²) in [6.45, 7) is 7.13. The van der Waals surface area contributed by atoms with Crippen molar-refractivity contribution in [2.24, 2.45) is 0 Å². The van der Waals surface area contributed by atoms with Gasteiger partial charge in [-0.3, -0.25) is 13.6 Å². The van der Waals surface area contributed by atoms with Gasteiger partial charge in [-0.05, 0) is 5.56 Å². The van der Waals surface area contributed by atoms with Gasteiger partial charge in [0.2, 0.25) is 0 Å². The standard InChI is InChI=1S/C13H16BrO4P/c1-3-10-16-19(15,17-11-4-2)18-13(14)12-8-6-5-7-9-12/h3-9,13H,1-2,10-11H2. The number of hydrogen-bond donors (Lipinski definition) is 0. The van der Waals surface area contributed by atoms with Gasteiger partial charge in [0, 0.05) is 0 Å². The molecule has 0 saturated heterocycles. The zero-order valence-corrected chi connectivity index (χ0v) is 12.9. The van der Waals surface area contributed by atoms with Gasteiger partial charge in [-0.2, -0.15) is 0 Å². The molecule has 19 heavy (non-hydrogen) atoms. The van der Waals surface area contributed by atoms with E-state index in [0.717, 1.165) is 5.56 Å². The zero-order chi connectivity index (χ0) is 14.1. The summed E-state index contributed by atoms with van der Waals surface area (Å²) < 4.78 is 27.9. The Morgan fingerprint density at radius 2 is 1.68 bits per heavy atom. The number of phosphoric acid groups is 1. The molecular weight excluding hydrogens is 331 g/mol. The van der Waals surface area contributed by atoms with E-state index in [2.05, 4.69) is 29.1 Å². The van der Waals surface area contributed by atoms with Crippen LogP contribution in [0.4, 0.5) is 0 Å². The van der Waals surface area contributed by atoms with Crippen LogP contribution < -0.4 is 0 Å². The van der Waals surface area contributed by atoms with E-state index < -0.39 is 12.8 Å². The average molecular weight is 347 g/mol. The highest BCUT2D eigenvalue weighted by Crippen LogP contribution is 2.54. The van der Waals surface area contributed by atoms with Gasteiger partial charge in [0.25, 0.3) is 0 Å². The van der Waals surface area contributed by atoms with Crippen LogP contribution in [0, 0.1) is 0 Å². The summed E-state index contributed by atoms with van der Waals surface area (Å²) in [6, 6.07) is 9.26. The molecule has 1 aromatic rings. The summed E-state index contributed by atoms with van der Waals surface area (Å²) in [5.74, 6) is 0. The molecule has 0 aliphatic carbocycles. The molecule has 0 aliphatic heterocycles. The van der Waals surface area contributed by atoms with Crippen LogP contribution in [0.5, 0.6) is 0 Å². The molecule has 0 radical (unpaired) electrons. The molecule has 1 aromatic carbocycles. The molecule has 4 nitrogen and oxygen atoms in total. The number of benzene rings is 1. The Bertz CT molecular complexity index is 433. The predicted molar refractivity (Wildman–Crippen MR) is 79.1 cm³/mol. The summed E-state index contributed by atoms with van der Waals surface area (Å²) >= 11 is 3.30. The first-order valence-electron chi connectivity index (χ1n) is 5.59.